The van der Waals surface area contributed by atoms with Crippen molar-refractivity contribution >= 4 is 33.2 Å². The second-order valence-corrected chi connectivity index (χ2v) is 5.02. The molecule has 1 fully saturated rings. The first-order valence-electron chi connectivity index (χ1n) is 5.35. The number of ether oxygens (including phenoxy) is 1. The van der Waals surface area contributed by atoms with Gasteiger partial charge in [0.05, 0.1) is 19.2 Å². The molecule has 0 bridgehead atoms. The van der Waals surface area contributed by atoms with Crippen molar-refractivity contribution in [3.63, 3.8) is 0 Å². The van der Waals surface area contributed by atoms with Gasteiger partial charge < -0.3 is 9.64 Å². The Morgan fingerprint density at radius 2 is 2.41 bits per heavy atom. The molecule has 1 atom stereocenters. The number of alkyl halides is 1. The summed E-state index contributed by atoms with van der Waals surface area (Å²) in [5.41, 5.74) is 2.16. The van der Waals surface area contributed by atoms with Crippen LogP contribution in [0, 0.1) is 11.3 Å². The van der Waals surface area contributed by atoms with E-state index in [4.69, 9.17) is 21.6 Å². The monoisotopic (exact) mass is 314 g/mol. The Hall–Kier alpha value is -0.760. The summed E-state index contributed by atoms with van der Waals surface area (Å²) in [5, 5.41) is 8.89. The smallest absolute Gasteiger partial charge is 0.161 e. The van der Waals surface area contributed by atoms with Crippen LogP contribution < -0.4 is 4.90 Å². The van der Waals surface area contributed by atoms with Crippen LogP contribution >= 0.6 is 27.5 Å². The molecule has 1 saturated heterocycles. The van der Waals surface area contributed by atoms with E-state index in [1.54, 1.807) is 0 Å². The van der Waals surface area contributed by atoms with Crippen LogP contribution in [0.25, 0.3) is 0 Å². The lowest BCUT2D eigenvalue weighted by atomic mass is 10.1. The lowest BCUT2D eigenvalue weighted by molar-refractivity contribution is 0.0764. The number of nitrogens with zero attached hydrogens (tertiary/aromatic N) is 2. The molecule has 5 heteroatoms. The Kier molecular flexibility index (Phi) is 4.27. The fourth-order valence-corrected chi connectivity index (χ4v) is 2.54. The van der Waals surface area contributed by atoms with Crippen LogP contribution in [-0.4, -0.2) is 25.8 Å². The van der Waals surface area contributed by atoms with Crippen molar-refractivity contribution in [1.29, 1.82) is 5.26 Å². The molecule has 1 unspecified atom stereocenters. The van der Waals surface area contributed by atoms with Crippen molar-refractivity contribution < 1.29 is 4.74 Å². The first-order chi connectivity index (χ1) is 8.24. The van der Waals surface area contributed by atoms with E-state index < -0.39 is 0 Å². The van der Waals surface area contributed by atoms with Gasteiger partial charge in [0.1, 0.15) is 0 Å². The van der Waals surface area contributed by atoms with Crippen LogP contribution in [0.1, 0.15) is 5.56 Å². The lowest BCUT2D eigenvalue weighted by Gasteiger charge is -2.32. The molecule has 1 aliphatic heterocycles. The topological polar surface area (TPSA) is 36.3 Å². The number of rotatable bonds is 2. The Bertz CT molecular complexity index is 447. The number of hydrogen-bond donors (Lipinski definition) is 0. The standard InChI is InChI=1S/C12H12BrClN2O/c13-10-1-2-12(9(5-10)6-14)16-3-4-17-11(7-15)8-16/h1-2,5,11H,3-4,6,8H2. The van der Waals surface area contributed by atoms with Gasteiger partial charge >= 0.3 is 0 Å². The van der Waals surface area contributed by atoms with E-state index in [0.717, 1.165) is 22.3 Å². The Labute approximate surface area is 114 Å². The third kappa shape index (κ3) is 2.92. The molecule has 0 amide bonds. The molecule has 0 N–H and O–H groups in total. The van der Waals surface area contributed by atoms with Crippen molar-refractivity contribution in [2.24, 2.45) is 0 Å². The van der Waals surface area contributed by atoms with Crippen LogP contribution in [0.2, 0.25) is 0 Å². The molecule has 0 radical (unpaired) electrons. The molecule has 17 heavy (non-hydrogen) atoms. The molecule has 1 heterocycles. The number of benzene rings is 1. The van der Waals surface area contributed by atoms with Crippen molar-refractivity contribution in [2.45, 2.75) is 12.0 Å². The highest BCUT2D eigenvalue weighted by Gasteiger charge is 2.21. The van der Waals surface area contributed by atoms with Gasteiger partial charge in [0.15, 0.2) is 6.10 Å². The summed E-state index contributed by atoms with van der Waals surface area (Å²) in [5.74, 6) is 0.462. The molecule has 0 aromatic heterocycles. The van der Waals surface area contributed by atoms with Crippen molar-refractivity contribution in [3.05, 3.63) is 28.2 Å². The quantitative estimate of drug-likeness (QED) is 0.787. The molecule has 0 aliphatic carbocycles. The fraction of sp³-hybridized carbons (Fsp3) is 0.417. The zero-order valence-electron chi connectivity index (χ0n) is 9.20. The molecule has 1 aromatic carbocycles. The van der Waals surface area contributed by atoms with Crippen LogP contribution in [0.4, 0.5) is 5.69 Å². The van der Waals surface area contributed by atoms with Gasteiger partial charge in [-0.15, -0.1) is 11.6 Å². The molecule has 1 aliphatic rings. The minimum atomic E-state index is -0.351. The molecule has 90 valence electrons. The summed E-state index contributed by atoms with van der Waals surface area (Å²) >= 11 is 9.38. The van der Waals surface area contributed by atoms with E-state index in [0.29, 0.717) is 19.0 Å². The zero-order chi connectivity index (χ0) is 12.3. The number of nitriles is 1. The molecular weight excluding hydrogens is 304 g/mol. The first-order valence-corrected chi connectivity index (χ1v) is 6.68. The van der Waals surface area contributed by atoms with E-state index in [2.05, 4.69) is 26.9 Å². The molecule has 2 rings (SSSR count). The first kappa shape index (κ1) is 12.7. The number of halogens is 2. The average Bonchev–Trinajstić information content (AvgIpc) is 2.38. The second-order valence-electron chi connectivity index (χ2n) is 3.84. The Morgan fingerprint density at radius 3 is 3.12 bits per heavy atom. The third-order valence-corrected chi connectivity index (χ3v) is 3.52. The van der Waals surface area contributed by atoms with Crippen LogP contribution in [-0.2, 0) is 10.6 Å². The number of anilines is 1. The van der Waals surface area contributed by atoms with Gasteiger partial charge in [0, 0.05) is 22.6 Å². The van der Waals surface area contributed by atoms with E-state index in [1.165, 1.54) is 0 Å². The van der Waals surface area contributed by atoms with Gasteiger partial charge in [-0.05, 0) is 23.8 Å². The largest absolute Gasteiger partial charge is 0.365 e. The van der Waals surface area contributed by atoms with E-state index >= 15 is 0 Å². The van der Waals surface area contributed by atoms with Gasteiger partial charge in [0.2, 0.25) is 0 Å². The third-order valence-electron chi connectivity index (χ3n) is 2.74. The summed E-state index contributed by atoms with van der Waals surface area (Å²) in [7, 11) is 0. The molecule has 1 aromatic rings. The van der Waals surface area contributed by atoms with Gasteiger partial charge in [-0.1, -0.05) is 15.9 Å². The molecule has 0 spiro atoms. The minimum Gasteiger partial charge on any atom is -0.365 e. The lowest BCUT2D eigenvalue weighted by Crippen LogP contribution is -2.42. The van der Waals surface area contributed by atoms with Crippen molar-refractivity contribution in [3.8, 4) is 6.07 Å². The second kappa shape index (κ2) is 5.72. The molecule has 0 saturated carbocycles. The highest BCUT2D eigenvalue weighted by atomic mass is 79.9. The van der Waals surface area contributed by atoms with Crippen LogP contribution in [0.3, 0.4) is 0 Å². The predicted octanol–water partition coefficient (Wildman–Crippen LogP) is 2.92. The van der Waals surface area contributed by atoms with Gasteiger partial charge in [-0.2, -0.15) is 5.26 Å². The number of hydrogen-bond acceptors (Lipinski definition) is 3. The highest BCUT2D eigenvalue weighted by Crippen LogP contribution is 2.27. The van der Waals surface area contributed by atoms with Crippen molar-refractivity contribution in [1.82, 2.24) is 0 Å². The highest BCUT2D eigenvalue weighted by molar-refractivity contribution is 9.10. The van der Waals surface area contributed by atoms with E-state index in [1.807, 2.05) is 18.2 Å². The van der Waals surface area contributed by atoms with Gasteiger partial charge in [-0.25, -0.2) is 0 Å². The Balaban J connectivity index is 2.24. The van der Waals surface area contributed by atoms with Gasteiger partial charge in [-0.3, -0.25) is 0 Å². The maximum Gasteiger partial charge on any atom is 0.161 e. The average molecular weight is 316 g/mol. The summed E-state index contributed by atoms with van der Waals surface area (Å²) in [6.07, 6.45) is -0.351. The fourth-order valence-electron chi connectivity index (χ4n) is 1.92. The number of morpholine rings is 1. The molecular formula is C12H12BrClN2O. The maximum atomic E-state index is 8.89. The zero-order valence-corrected chi connectivity index (χ0v) is 11.5. The summed E-state index contributed by atoms with van der Waals surface area (Å²) in [6.45, 7) is 1.97. The Morgan fingerprint density at radius 1 is 1.59 bits per heavy atom. The van der Waals surface area contributed by atoms with Crippen LogP contribution in [0.5, 0.6) is 0 Å². The maximum absolute atomic E-state index is 8.89. The van der Waals surface area contributed by atoms with Gasteiger partial charge in [0.25, 0.3) is 0 Å². The summed E-state index contributed by atoms with van der Waals surface area (Å²) in [4.78, 5) is 2.15. The predicted molar refractivity (Wildman–Crippen MR) is 71.3 cm³/mol. The summed E-state index contributed by atoms with van der Waals surface area (Å²) in [6, 6.07) is 8.18. The van der Waals surface area contributed by atoms with E-state index in [-0.39, 0.29) is 6.10 Å². The van der Waals surface area contributed by atoms with Crippen LogP contribution in [0.15, 0.2) is 22.7 Å². The van der Waals surface area contributed by atoms with Crippen molar-refractivity contribution in [2.75, 3.05) is 24.6 Å². The SMILES string of the molecule is N#CC1CN(c2ccc(Br)cc2CCl)CCO1. The minimum absolute atomic E-state index is 0.351. The molecule has 3 nitrogen and oxygen atoms in total. The normalized spacial score (nSPS) is 20.1. The summed E-state index contributed by atoms with van der Waals surface area (Å²) < 4.78 is 6.35. The van der Waals surface area contributed by atoms with E-state index in [9.17, 15) is 0 Å².